The monoisotopic (exact) mass is 338 g/mol. The number of halogens is 1. The third-order valence-electron chi connectivity index (χ3n) is 2.78. The molecule has 0 fully saturated rings. The van der Waals surface area contributed by atoms with Crippen LogP contribution in [0, 0.1) is 6.92 Å². The first-order chi connectivity index (χ1) is 9.60. The van der Waals surface area contributed by atoms with Gasteiger partial charge in [0.25, 0.3) is 0 Å². The Balaban J connectivity index is 2.14. The van der Waals surface area contributed by atoms with Gasteiger partial charge >= 0.3 is 5.97 Å². The predicted octanol–water partition coefficient (Wildman–Crippen LogP) is 2.75. The summed E-state index contributed by atoms with van der Waals surface area (Å²) in [5.41, 5.74) is 1.57. The van der Waals surface area contributed by atoms with Crippen molar-refractivity contribution < 1.29 is 14.1 Å². The molecule has 20 heavy (non-hydrogen) atoms. The molecule has 0 saturated carbocycles. The number of carbonyl (C=O) groups excluding carboxylic acids is 1. The number of methoxy groups -OCH3 is 1. The van der Waals surface area contributed by atoms with Crippen LogP contribution in [0.5, 0.6) is 0 Å². The molecule has 1 heterocycles. The summed E-state index contributed by atoms with van der Waals surface area (Å²) in [6, 6.07) is 8.79. The Hall–Kier alpha value is -1.66. The van der Waals surface area contributed by atoms with Crippen molar-refractivity contribution in [2.24, 2.45) is 0 Å². The normalized spacial score (nSPS) is 12.2. The summed E-state index contributed by atoms with van der Waals surface area (Å²) in [7, 11) is 1.37. The van der Waals surface area contributed by atoms with Gasteiger partial charge in [-0.15, -0.1) is 0 Å². The highest BCUT2D eigenvalue weighted by Crippen LogP contribution is 2.20. The molecule has 1 aromatic heterocycles. The zero-order chi connectivity index (χ0) is 14.5. The van der Waals surface area contributed by atoms with Gasteiger partial charge in [-0.3, -0.25) is 5.32 Å². The molecule has 0 aliphatic rings. The Morgan fingerprint density at radius 1 is 1.50 bits per heavy atom. The molecule has 0 aliphatic carbocycles. The summed E-state index contributed by atoms with van der Waals surface area (Å²) in [5.74, 6) is 0.391. The highest BCUT2D eigenvalue weighted by molar-refractivity contribution is 9.10. The summed E-state index contributed by atoms with van der Waals surface area (Å²) in [6.45, 7) is 2.24. The number of aryl methyl sites for hydroxylation is 1. The first kappa shape index (κ1) is 14.7. The fraction of sp³-hybridized carbons (Fsp3) is 0.286. The maximum absolute atomic E-state index is 11.9. The quantitative estimate of drug-likeness (QED) is 0.849. The predicted molar refractivity (Wildman–Crippen MR) is 77.0 cm³/mol. The molecule has 0 bridgehead atoms. The first-order valence-electron chi connectivity index (χ1n) is 6.09. The minimum atomic E-state index is -0.547. The summed E-state index contributed by atoms with van der Waals surface area (Å²) in [5, 5.41) is 7.01. The number of esters is 1. The van der Waals surface area contributed by atoms with E-state index < -0.39 is 6.04 Å². The van der Waals surface area contributed by atoms with Gasteiger partial charge in [-0.25, -0.2) is 4.79 Å². The SMILES string of the molecule is COC(=O)[C@H](NCc1cc(C)on1)c1cccc(Br)c1. The van der Waals surface area contributed by atoms with E-state index in [2.05, 4.69) is 26.4 Å². The van der Waals surface area contributed by atoms with Crippen LogP contribution in [-0.4, -0.2) is 18.2 Å². The molecule has 2 rings (SSSR count). The fourth-order valence-corrected chi connectivity index (χ4v) is 2.27. The maximum atomic E-state index is 11.9. The van der Waals surface area contributed by atoms with Gasteiger partial charge in [-0.2, -0.15) is 0 Å². The van der Waals surface area contributed by atoms with Crippen molar-refractivity contribution in [2.75, 3.05) is 7.11 Å². The molecule has 106 valence electrons. The van der Waals surface area contributed by atoms with Crippen molar-refractivity contribution in [1.82, 2.24) is 10.5 Å². The van der Waals surface area contributed by atoms with Crippen LogP contribution in [0.1, 0.15) is 23.1 Å². The van der Waals surface area contributed by atoms with E-state index in [0.29, 0.717) is 6.54 Å². The van der Waals surface area contributed by atoms with Gasteiger partial charge in [0.1, 0.15) is 11.8 Å². The molecule has 0 spiro atoms. The van der Waals surface area contributed by atoms with Gasteiger partial charge in [0.15, 0.2) is 0 Å². The second-order valence-corrected chi connectivity index (χ2v) is 5.24. The summed E-state index contributed by atoms with van der Waals surface area (Å²) >= 11 is 3.39. The van der Waals surface area contributed by atoms with Crippen molar-refractivity contribution in [3.63, 3.8) is 0 Å². The number of ether oxygens (including phenoxy) is 1. The van der Waals surface area contributed by atoms with E-state index in [4.69, 9.17) is 9.26 Å². The van der Waals surface area contributed by atoms with E-state index in [1.807, 2.05) is 37.3 Å². The number of aromatic nitrogens is 1. The molecular weight excluding hydrogens is 324 g/mol. The Morgan fingerprint density at radius 2 is 2.30 bits per heavy atom. The topological polar surface area (TPSA) is 64.4 Å². The minimum Gasteiger partial charge on any atom is -0.468 e. The molecule has 1 N–H and O–H groups in total. The number of hydrogen-bond acceptors (Lipinski definition) is 5. The van der Waals surface area contributed by atoms with Gasteiger partial charge in [0, 0.05) is 17.1 Å². The van der Waals surface area contributed by atoms with Gasteiger partial charge < -0.3 is 9.26 Å². The molecule has 1 aromatic carbocycles. The van der Waals surface area contributed by atoms with Crippen molar-refractivity contribution >= 4 is 21.9 Å². The van der Waals surface area contributed by atoms with Crippen LogP contribution in [0.2, 0.25) is 0 Å². The molecule has 2 aromatic rings. The van der Waals surface area contributed by atoms with Crippen LogP contribution < -0.4 is 5.32 Å². The molecule has 1 atom stereocenters. The summed E-state index contributed by atoms with van der Waals surface area (Å²) < 4.78 is 10.7. The fourth-order valence-electron chi connectivity index (χ4n) is 1.85. The van der Waals surface area contributed by atoms with E-state index in [9.17, 15) is 4.79 Å². The zero-order valence-electron chi connectivity index (χ0n) is 11.2. The van der Waals surface area contributed by atoms with Crippen LogP contribution in [0.15, 0.2) is 39.3 Å². The maximum Gasteiger partial charge on any atom is 0.327 e. The summed E-state index contributed by atoms with van der Waals surface area (Å²) in [6.07, 6.45) is 0. The van der Waals surface area contributed by atoms with E-state index in [-0.39, 0.29) is 5.97 Å². The average Bonchev–Trinajstić information content (AvgIpc) is 2.84. The van der Waals surface area contributed by atoms with Gasteiger partial charge in [-0.05, 0) is 24.6 Å². The number of benzene rings is 1. The highest BCUT2D eigenvalue weighted by atomic mass is 79.9. The number of nitrogens with zero attached hydrogens (tertiary/aromatic N) is 1. The summed E-state index contributed by atoms with van der Waals surface area (Å²) in [4.78, 5) is 11.9. The van der Waals surface area contributed by atoms with E-state index in [1.165, 1.54) is 7.11 Å². The van der Waals surface area contributed by atoms with E-state index in [0.717, 1.165) is 21.5 Å². The average molecular weight is 339 g/mol. The van der Waals surface area contributed by atoms with Crippen molar-refractivity contribution in [1.29, 1.82) is 0 Å². The van der Waals surface area contributed by atoms with Crippen LogP contribution in [0.3, 0.4) is 0 Å². The first-order valence-corrected chi connectivity index (χ1v) is 6.88. The Labute approximate surface area is 125 Å². The lowest BCUT2D eigenvalue weighted by atomic mass is 10.1. The van der Waals surface area contributed by atoms with Crippen molar-refractivity contribution in [3.05, 3.63) is 51.8 Å². The Kier molecular flexibility index (Phi) is 4.92. The second kappa shape index (κ2) is 6.67. The van der Waals surface area contributed by atoms with E-state index in [1.54, 1.807) is 0 Å². The number of rotatable bonds is 5. The molecule has 0 unspecified atom stereocenters. The van der Waals surface area contributed by atoms with Crippen LogP contribution >= 0.6 is 15.9 Å². The third-order valence-corrected chi connectivity index (χ3v) is 3.28. The number of hydrogen-bond donors (Lipinski definition) is 1. The number of nitrogens with one attached hydrogen (secondary N) is 1. The molecule has 0 aliphatic heterocycles. The minimum absolute atomic E-state index is 0.344. The molecule has 0 saturated heterocycles. The third kappa shape index (κ3) is 3.68. The van der Waals surface area contributed by atoms with Gasteiger partial charge in [0.05, 0.1) is 12.8 Å². The van der Waals surface area contributed by atoms with E-state index >= 15 is 0 Å². The smallest absolute Gasteiger partial charge is 0.327 e. The largest absolute Gasteiger partial charge is 0.468 e. The van der Waals surface area contributed by atoms with Crippen molar-refractivity contribution in [3.8, 4) is 0 Å². The van der Waals surface area contributed by atoms with Gasteiger partial charge in [-0.1, -0.05) is 33.2 Å². The van der Waals surface area contributed by atoms with Gasteiger partial charge in [0.2, 0.25) is 0 Å². The lowest BCUT2D eigenvalue weighted by Gasteiger charge is -2.16. The Bertz CT molecular complexity index is 598. The molecule has 0 radical (unpaired) electrons. The van der Waals surface area contributed by atoms with Crippen LogP contribution in [0.25, 0.3) is 0 Å². The molecule has 6 heteroatoms. The number of carbonyl (C=O) groups is 1. The molecular formula is C14H15BrN2O3. The van der Waals surface area contributed by atoms with Crippen LogP contribution in [0.4, 0.5) is 0 Å². The lowest BCUT2D eigenvalue weighted by Crippen LogP contribution is -2.29. The second-order valence-electron chi connectivity index (χ2n) is 4.32. The highest BCUT2D eigenvalue weighted by Gasteiger charge is 2.21. The standard InChI is InChI=1S/C14H15BrN2O3/c1-9-6-12(17-20-9)8-16-13(14(18)19-2)10-4-3-5-11(15)7-10/h3-7,13,16H,8H2,1-2H3/t13-/m1/s1. The molecule has 5 nitrogen and oxygen atoms in total. The zero-order valence-corrected chi connectivity index (χ0v) is 12.8. The van der Waals surface area contributed by atoms with Crippen molar-refractivity contribution in [2.45, 2.75) is 19.5 Å². The lowest BCUT2D eigenvalue weighted by molar-refractivity contribution is -0.143. The molecule has 0 amide bonds. The Morgan fingerprint density at radius 3 is 2.90 bits per heavy atom. The van der Waals surface area contributed by atoms with Crippen LogP contribution in [-0.2, 0) is 16.1 Å².